The van der Waals surface area contributed by atoms with E-state index >= 15 is 0 Å². The number of hydrogen-bond donors (Lipinski definition) is 0. The highest BCUT2D eigenvalue weighted by Gasteiger charge is 2.35. The predicted octanol–water partition coefficient (Wildman–Crippen LogP) is 2.61. The van der Waals surface area contributed by atoms with Crippen molar-refractivity contribution in [2.75, 3.05) is 6.79 Å². The van der Waals surface area contributed by atoms with Crippen LogP contribution < -0.4 is 9.47 Å². The van der Waals surface area contributed by atoms with Gasteiger partial charge in [-0.25, -0.2) is 8.42 Å². The highest BCUT2D eigenvalue weighted by Crippen LogP contribution is 2.39. The second kappa shape index (κ2) is 4.97. The number of sulfonamides is 1. The van der Waals surface area contributed by atoms with Gasteiger partial charge < -0.3 is 9.47 Å². The lowest BCUT2D eigenvalue weighted by Gasteiger charge is -2.33. The molecule has 1 atom stereocenters. The van der Waals surface area contributed by atoms with Crippen LogP contribution in [0.15, 0.2) is 33.9 Å². The van der Waals surface area contributed by atoms with Crippen LogP contribution in [0.1, 0.15) is 18.1 Å². The fourth-order valence-corrected chi connectivity index (χ4v) is 5.68. The Labute approximate surface area is 133 Å². The van der Waals surface area contributed by atoms with E-state index in [1.54, 1.807) is 21.8 Å². The van der Waals surface area contributed by atoms with Gasteiger partial charge in [-0.2, -0.15) is 4.31 Å². The molecule has 5 nitrogen and oxygen atoms in total. The average molecular weight is 337 g/mol. The van der Waals surface area contributed by atoms with Gasteiger partial charge in [-0.15, -0.1) is 11.3 Å². The van der Waals surface area contributed by atoms with Crippen molar-refractivity contribution >= 4 is 21.4 Å². The monoisotopic (exact) mass is 337 g/mol. The quantitative estimate of drug-likeness (QED) is 0.845. The number of thiophene rings is 1. The Balaban J connectivity index is 1.73. The highest BCUT2D eigenvalue weighted by molar-refractivity contribution is 7.91. The van der Waals surface area contributed by atoms with E-state index in [0.29, 0.717) is 22.9 Å². The second-order valence-electron chi connectivity index (χ2n) is 5.51. The van der Waals surface area contributed by atoms with Crippen molar-refractivity contribution in [3.8, 4) is 11.5 Å². The molecule has 1 aromatic heterocycles. The minimum absolute atomic E-state index is 0.0834. The maximum atomic E-state index is 12.8. The van der Waals surface area contributed by atoms with Crippen molar-refractivity contribution in [3.05, 3.63) is 40.8 Å². The van der Waals surface area contributed by atoms with Crippen LogP contribution in [-0.2, 0) is 23.0 Å². The third-order valence-electron chi connectivity index (χ3n) is 4.09. The molecule has 2 aliphatic rings. The lowest BCUT2D eigenvalue weighted by molar-refractivity contribution is 0.174. The molecule has 0 amide bonds. The highest BCUT2D eigenvalue weighted by atomic mass is 32.2. The largest absolute Gasteiger partial charge is 0.454 e. The first-order valence-electron chi connectivity index (χ1n) is 7.02. The van der Waals surface area contributed by atoms with Gasteiger partial charge >= 0.3 is 0 Å². The molecule has 1 unspecified atom stereocenters. The molecule has 0 saturated heterocycles. The van der Waals surface area contributed by atoms with Crippen molar-refractivity contribution in [1.29, 1.82) is 0 Å². The molecule has 0 spiro atoms. The average Bonchev–Trinajstić information content (AvgIpc) is 3.15. The van der Waals surface area contributed by atoms with E-state index in [-0.39, 0.29) is 12.8 Å². The van der Waals surface area contributed by atoms with Crippen LogP contribution in [0.5, 0.6) is 11.5 Å². The molecule has 0 bridgehead atoms. The van der Waals surface area contributed by atoms with E-state index < -0.39 is 10.0 Å². The second-order valence-corrected chi connectivity index (χ2v) is 8.57. The van der Waals surface area contributed by atoms with Crippen LogP contribution in [0.3, 0.4) is 0 Å². The van der Waals surface area contributed by atoms with E-state index in [1.807, 2.05) is 19.1 Å². The predicted molar refractivity (Wildman–Crippen MR) is 82.8 cm³/mol. The number of hydrogen-bond acceptors (Lipinski definition) is 5. The van der Waals surface area contributed by atoms with Gasteiger partial charge in [0.25, 0.3) is 10.0 Å². The molecule has 0 N–H and O–H groups in total. The van der Waals surface area contributed by atoms with Crippen LogP contribution in [0.4, 0.5) is 0 Å². The smallest absolute Gasteiger partial charge is 0.253 e. The van der Waals surface area contributed by atoms with Crippen molar-refractivity contribution in [2.45, 2.75) is 30.1 Å². The Bertz CT molecular complexity index is 814. The molecule has 116 valence electrons. The molecule has 0 fully saturated rings. The van der Waals surface area contributed by atoms with E-state index in [2.05, 4.69) is 0 Å². The molecular formula is C15H15NO4S2. The van der Waals surface area contributed by atoms with E-state index in [0.717, 1.165) is 16.9 Å². The number of rotatable bonds is 2. The summed E-state index contributed by atoms with van der Waals surface area (Å²) in [4.78, 5) is 0. The van der Waals surface area contributed by atoms with Gasteiger partial charge in [-0.3, -0.25) is 0 Å². The summed E-state index contributed by atoms with van der Waals surface area (Å²) in [5.74, 6) is 1.45. The molecule has 0 saturated carbocycles. The van der Waals surface area contributed by atoms with Crippen LogP contribution in [-0.4, -0.2) is 25.6 Å². The Morgan fingerprint density at radius 2 is 1.95 bits per heavy atom. The fraction of sp³-hybridized carbons (Fsp3) is 0.333. The van der Waals surface area contributed by atoms with Crippen LogP contribution in [0.25, 0.3) is 0 Å². The topological polar surface area (TPSA) is 55.8 Å². The van der Waals surface area contributed by atoms with Gasteiger partial charge in [-0.1, -0.05) is 6.07 Å². The first-order chi connectivity index (χ1) is 10.6. The summed E-state index contributed by atoms with van der Waals surface area (Å²) in [5.41, 5.74) is 2.12. The van der Waals surface area contributed by atoms with E-state index in [4.69, 9.17) is 9.47 Å². The van der Waals surface area contributed by atoms with Gasteiger partial charge in [0.1, 0.15) is 4.21 Å². The zero-order valence-electron chi connectivity index (χ0n) is 12.0. The summed E-state index contributed by atoms with van der Waals surface area (Å²) in [6.07, 6.45) is 0.677. The van der Waals surface area contributed by atoms with Crippen LogP contribution >= 0.6 is 11.3 Å². The Morgan fingerprint density at radius 1 is 1.23 bits per heavy atom. The molecule has 2 aliphatic heterocycles. The molecule has 3 heterocycles. The third kappa shape index (κ3) is 2.12. The summed E-state index contributed by atoms with van der Waals surface area (Å²) in [5, 5.41) is 1.79. The molecule has 0 aliphatic carbocycles. The summed E-state index contributed by atoms with van der Waals surface area (Å²) in [7, 11) is -3.44. The number of fused-ring (bicyclic) bond motifs is 2. The lowest BCUT2D eigenvalue weighted by Crippen LogP contribution is -2.42. The summed E-state index contributed by atoms with van der Waals surface area (Å²) in [6.45, 7) is 2.54. The standard InChI is InChI=1S/C15H15NO4S2/c1-10-5-11-6-13-14(20-9-19-13)7-12(11)8-16(10)22(17,18)15-3-2-4-21-15/h2-4,6-7,10H,5,8-9H2,1H3. The molecule has 7 heteroatoms. The zero-order chi connectivity index (χ0) is 15.3. The normalized spacial score (nSPS) is 20.9. The lowest BCUT2D eigenvalue weighted by atomic mass is 9.96. The van der Waals surface area contributed by atoms with Crippen molar-refractivity contribution < 1.29 is 17.9 Å². The first kappa shape index (κ1) is 14.0. The zero-order valence-corrected chi connectivity index (χ0v) is 13.6. The minimum atomic E-state index is -3.44. The fourth-order valence-electron chi connectivity index (χ4n) is 2.95. The van der Waals surface area contributed by atoms with Crippen LogP contribution in [0.2, 0.25) is 0 Å². The molecule has 2 aromatic rings. The van der Waals surface area contributed by atoms with Gasteiger partial charge in [0.05, 0.1) is 0 Å². The minimum Gasteiger partial charge on any atom is -0.454 e. The molecule has 1 aromatic carbocycles. The van der Waals surface area contributed by atoms with Crippen molar-refractivity contribution in [2.24, 2.45) is 0 Å². The maximum Gasteiger partial charge on any atom is 0.253 e. The number of ether oxygens (including phenoxy) is 2. The summed E-state index contributed by atoms with van der Waals surface area (Å²) >= 11 is 1.25. The van der Waals surface area contributed by atoms with Gasteiger partial charge in [0.15, 0.2) is 11.5 Å². The van der Waals surface area contributed by atoms with E-state index in [1.165, 1.54) is 11.3 Å². The molecule has 22 heavy (non-hydrogen) atoms. The first-order valence-corrected chi connectivity index (χ1v) is 9.34. The summed E-state index contributed by atoms with van der Waals surface area (Å²) in [6, 6.07) is 7.21. The molecule has 0 radical (unpaired) electrons. The number of nitrogens with zero attached hydrogens (tertiary/aromatic N) is 1. The Kier molecular flexibility index (Phi) is 3.18. The van der Waals surface area contributed by atoms with Gasteiger partial charge in [0, 0.05) is 12.6 Å². The maximum absolute atomic E-state index is 12.8. The van der Waals surface area contributed by atoms with E-state index in [9.17, 15) is 8.42 Å². The van der Waals surface area contributed by atoms with Crippen LogP contribution in [0, 0.1) is 0 Å². The van der Waals surface area contributed by atoms with Gasteiger partial charge in [-0.05, 0) is 48.1 Å². The Hall–Kier alpha value is -1.57. The summed E-state index contributed by atoms with van der Waals surface area (Å²) < 4.78 is 38.3. The van der Waals surface area contributed by atoms with Gasteiger partial charge in [0.2, 0.25) is 6.79 Å². The Morgan fingerprint density at radius 3 is 2.64 bits per heavy atom. The third-order valence-corrected chi connectivity index (χ3v) is 7.42. The van der Waals surface area contributed by atoms with Crippen molar-refractivity contribution in [3.63, 3.8) is 0 Å². The molecule has 4 rings (SSSR count). The van der Waals surface area contributed by atoms with Crippen molar-refractivity contribution in [1.82, 2.24) is 4.31 Å². The number of benzene rings is 1. The SMILES string of the molecule is CC1Cc2cc3c(cc2CN1S(=O)(=O)c1cccs1)OCO3. The molecular weight excluding hydrogens is 322 g/mol.